The van der Waals surface area contributed by atoms with Gasteiger partial charge < -0.3 is 9.67 Å². The molecule has 1 aliphatic heterocycles. The predicted molar refractivity (Wildman–Crippen MR) is 79.2 cm³/mol. The molecular weight excluding hydrogens is 276 g/mol. The van der Waals surface area contributed by atoms with Crippen LogP contribution < -0.4 is 0 Å². The second-order valence-electron chi connectivity index (χ2n) is 5.32. The van der Waals surface area contributed by atoms with Crippen LogP contribution >= 0.6 is 11.6 Å². The zero-order valence-electron chi connectivity index (χ0n) is 11.4. The van der Waals surface area contributed by atoms with Crippen molar-refractivity contribution in [2.75, 3.05) is 13.1 Å². The van der Waals surface area contributed by atoms with E-state index in [0.717, 1.165) is 30.2 Å². The fourth-order valence-electron chi connectivity index (χ4n) is 2.95. The monoisotopic (exact) mass is 292 g/mol. The van der Waals surface area contributed by atoms with Gasteiger partial charge in [0.25, 0.3) is 0 Å². The van der Waals surface area contributed by atoms with Crippen molar-refractivity contribution in [3.05, 3.63) is 34.5 Å². The van der Waals surface area contributed by atoms with Gasteiger partial charge in [-0.05, 0) is 24.6 Å². The molecule has 1 aliphatic rings. The number of fused-ring (bicyclic) bond motifs is 3. The summed E-state index contributed by atoms with van der Waals surface area (Å²) < 4.78 is 2.31. The Labute approximate surface area is 122 Å². The number of carboxylic acids is 1. The van der Waals surface area contributed by atoms with Crippen molar-refractivity contribution in [3.63, 3.8) is 0 Å². The van der Waals surface area contributed by atoms with Gasteiger partial charge >= 0.3 is 5.97 Å². The number of aryl methyl sites for hydroxylation is 1. The first-order valence-electron chi connectivity index (χ1n) is 6.77. The Morgan fingerprint density at radius 1 is 1.40 bits per heavy atom. The maximum absolute atomic E-state index is 10.7. The molecule has 0 saturated carbocycles. The summed E-state index contributed by atoms with van der Waals surface area (Å²) in [5, 5.41) is 10.8. The van der Waals surface area contributed by atoms with Crippen LogP contribution in [0.15, 0.2) is 18.2 Å². The SMILES string of the molecule is Cc1c(Cl)ccc2cc3n(c12)CCN(CCC(=O)O)C3. The van der Waals surface area contributed by atoms with Crippen LogP contribution in [0.25, 0.3) is 10.9 Å². The lowest BCUT2D eigenvalue weighted by Gasteiger charge is -2.28. The summed E-state index contributed by atoms with van der Waals surface area (Å²) >= 11 is 6.21. The van der Waals surface area contributed by atoms with Crippen molar-refractivity contribution in [1.29, 1.82) is 0 Å². The molecule has 0 fully saturated rings. The summed E-state index contributed by atoms with van der Waals surface area (Å²) in [5.74, 6) is -0.737. The maximum Gasteiger partial charge on any atom is 0.304 e. The van der Waals surface area contributed by atoms with Crippen molar-refractivity contribution >= 4 is 28.5 Å². The van der Waals surface area contributed by atoms with E-state index in [4.69, 9.17) is 16.7 Å². The molecule has 3 rings (SSSR count). The van der Waals surface area contributed by atoms with Gasteiger partial charge in [-0.3, -0.25) is 9.69 Å². The van der Waals surface area contributed by atoms with Crippen LogP contribution in [0, 0.1) is 6.92 Å². The molecule has 0 saturated heterocycles. The number of carbonyl (C=O) groups is 1. The number of halogens is 1. The van der Waals surface area contributed by atoms with Crippen molar-refractivity contribution < 1.29 is 9.90 Å². The molecule has 5 heteroatoms. The first-order chi connectivity index (χ1) is 9.56. The minimum Gasteiger partial charge on any atom is -0.481 e. The molecule has 0 spiro atoms. The van der Waals surface area contributed by atoms with E-state index in [1.54, 1.807) is 0 Å². The van der Waals surface area contributed by atoms with Gasteiger partial charge in [-0.25, -0.2) is 0 Å². The Kier molecular flexibility index (Phi) is 3.44. The molecule has 0 unspecified atom stereocenters. The summed E-state index contributed by atoms with van der Waals surface area (Å²) in [6, 6.07) is 6.18. The number of nitrogens with zero attached hydrogens (tertiary/aromatic N) is 2. The van der Waals surface area contributed by atoms with Crippen LogP contribution in [0.4, 0.5) is 0 Å². The van der Waals surface area contributed by atoms with Gasteiger partial charge in [0.15, 0.2) is 0 Å². The minimum absolute atomic E-state index is 0.199. The average Bonchev–Trinajstić information content (AvgIpc) is 2.79. The van der Waals surface area contributed by atoms with Crippen molar-refractivity contribution in [2.45, 2.75) is 26.4 Å². The van der Waals surface area contributed by atoms with Crippen molar-refractivity contribution in [3.8, 4) is 0 Å². The largest absolute Gasteiger partial charge is 0.481 e. The van der Waals surface area contributed by atoms with Gasteiger partial charge in [-0.15, -0.1) is 0 Å². The molecule has 1 aromatic heterocycles. The highest BCUT2D eigenvalue weighted by atomic mass is 35.5. The maximum atomic E-state index is 10.7. The number of aliphatic carboxylic acids is 1. The Hall–Kier alpha value is -1.52. The van der Waals surface area contributed by atoms with Crippen LogP contribution in [-0.2, 0) is 17.9 Å². The topological polar surface area (TPSA) is 45.5 Å². The van der Waals surface area contributed by atoms with Crippen LogP contribution in [-0.4, -0.2) is 33.6 Å². The molecule has 0 amide bonds. The Balaban J connectivity index is 1.91. The normalized spacial score (nSPS) is 15.5. The fourth-order valence-corrected chi connectivity index (χ4v) is 3.11. The van der Waals surface area contributed by atoms with Crippen molar-refractivity contribution in [2.24, 2.45) is 0 Å². The fraction of sp³-hybridized carbons (Fsp3) is 0.400. The molecule has 4 nitrogen and oxygen atoms in total. The molecular formula is C15H17ClN2O2. The highest BCUT2D eigenvalue weighted by Crippen LogP contribution is 2.30. The Morgan fingerprint density at radius 2 is 2.20 bits per heavy atom. The lowest BCUT2D eigenvalue weighted by molar-refractivity contribution is -0.137. The first kappa shape index (κ1) is 13.5. The van der Waals surface area contributed by atoms with E-state index in [2.05, 4.69) is 28.5 Å². The van der Waals surface area contributed by atoms with E-state index < -0.39 is 5.97 Å². The van der Waals surface area contributed by atoms with Gasteiger partial charge in [0.2, 0.25) is 0 Å². The van der Waals surface area contributed by atoms with E-state index in [0.29, 0.717) is 6.54 Å². The Bertz CT molecular complexity index is 678. The molecule has 0 atom stereocenters. The lowest BCUT2D eigenvalue weighted by Crippen LogP contribution is -2.34. The van der Waals surface area contributed by atoms with E-state index in [-0.39, 0.29) is 6.42 Å². The molecule has 0 radical (unpaired) electrons. The summed E-state index contributed by atoms with van der Waals surface area (Å²) in [5.41, 5.74) is 3.57. The molecule has 1 aromatic carbocycles. The van der Waals surface area contributed by atoms with E-state index >= 15 is 0 Å². The Morgan fingerprint density at radius 3 is 2.95 bits per heavy atom. The first-order valence-corrected chi connectivity index (χ1v) is 7.15. The average molecular weight is 293 g/mol. The zero-order valence-corrected chi connectivity index (χ0v) is 12.2. The predicted octanol–water partition coefficient (Wildman–Crippen LogP) is 2.89. The molecule has 1 N–H and O–H groups in total. The summed E-state index contributed by atoms with van der Waals surface area (Å²) in [6.07, 6.45) is 0.199. The third kappa shape index (κ3) is 2.30. The van der Waals surface area contributed by atoms with Gasteiger partial charge in [-0.1, -0.05) is 17.7 Å². The third-order valence-electron chi connectivity index (χ3n) is 4.00. The summed E-state index contributed by atoms with van der Waals surface area (Å²) in [4.78, 5) is 12.9. The van der Waals surface area contributed by atoms with E-state index in [1.807, 2.05) is 6.07 Å². The van der Waals surface area contributed by atoms with Gasteiger partial charge in [0, 0.05) is 42.3 Å². The number of benzene rings is 1. The minimum atomic E-state index is -0.737. The van der Waals surface area contributed by atoms with Crippen LogP contribution in [0.2, 0.25) is 5.02 Å². The molecule has 0 bridgehead atoms. The van der Waals surface area contributed by atoms with Gasteiger partial charge in [0.05, 0.1) is 11.9 Å². The highest BCUT2D eigenvalue weighted by Gasteiger charge is 2.20. The van der Waals surface area contributed by atoms with E-state index in [9.17, 15) is 4.79 Å². The second-order valence-corrected chi connectivity index (χ2v) is 5.72. The smallest absolute Gasteiger partial charge is 0.304 e. The van der Waals surface area contributed by atoms with E-state index in [1.165, 1.54) is 16.6 Å². The standard InChI is InChI=1S/C15H17ClN2O2/c1-10-13(16)3-2-11-8-12-9-17(5-4-14(19)20)6-7-18(12)15(10)11/h2-3,8H,4-7,9H2,1H3,(H,19,20). The van der Waals surface area contributed by atoms with Crippen molar-refractivity contribution in [1.82, 2.24) is 9.47 Å². The number of carboxylic acid groups (broad SMARTS) is 1. The number of rotatable bonds is 3. The summed E-state index contributed by atoms with van der Waals surface area (Å²) in [6.45, 7) is 5.24. The van der Waals surface area contributed by atoms with Crippen LogP contribution in [0.5, 0.6) is 0 Å². The highest BCUT2D eigenvalue weighted by molar-refractivity contribution is 6.32. The number of aromatic nitrogens is 1. The second kappa shape index (κ2) is 5.11. The van der Waals surface area contributed by atoms with Crippen LogP contribution in [0.1, 0.15) is 17.7 Å². The van der Waals surface area contributed by atoms with Gasteiger partial charge in [-0.2, -0.15) is 0 Å². The molecule has 2 aromatic rings. The number of hydrogen-bond acceptors (Lipinski definition) is 2. The molecule has 20 heavy (non-hydrogen) atoms. The molecule has 2 heterocycles. The van der Waals surface area contributed by atoms with Gasteiger partial charge in [0.1, 0.15) is 0 Å². The number of hydrogen-bond donors (Lipinski definition) is 1. The van der Waals surface area contributed by atoms with Crippen LogP contribution in [0.3, 0.4) is 0 Å². The quantitative estimate of drug-likeness (QED) is 0.946. The molecule has 0 aliphatic carbocycles. The zero-order chi connectivity index (χ0) is 14.3. The third-order valence-corrected chi connectivity index (χ3v) is 4.41. The lowest BCUT2D eigenvalue weighted by atomic mass is 10.1. The summed E-state index contributed by atoms with van der Waals surface area (Å²) in [7, 11) is 0. The molecule has 106 valence electrons.